The topological polar surface area (TPSA) is 71.8 Å². The molecule has 3 heterocycles. The van der Waals surface area contributed by atoms with Gasteiger partial charge in [-0.25, -0.2) is 4.79 Å². The van der Waals surface area contributed by atoms with Crippen LogP contribution in [0, 0.1) is 0 Å². The van der Waals surface area contributed by atoms with E-state index in [-0.39, 0.29) is 24.5 Å². The van der Waals surface area contributed by atoms with Gasteiger partial charge in [0.2, 0.25) is 5.91 Å². The van der Waals surface area contributed by atoms with Crippen LogP contribution in [0.2, 0.25) is 0 Å². The Hall–Kier alpha value is -3.35. The van der Waals surface area contributed by atoms with Gasteiger partial charge >= 0.3 is 5.97 Å². The molecule has 2 fully saturated rings. The Labute approximate surface area is 194 Å². The van der Waals surface area contributed by atoms with Crippen LogP contribution in [0.3, 0.4) is 0 Å². The number of carbonyl (C=O) groups is 3. The number of aryl methyl sites for hydroxylation is 1. The summed E-state index contributed by atoms with van der Waals surface area (Å²) in [4.78, 5) is 40.7. The molecular formula is C26H31N3O4. The van der Waals surface area contributed by atoms with Crippen LogP contribution in [0.25, 0.3) is 6.08 Å². The maximum Gasteiger partial charge on any atom is 0.330 e. The second-order valence-electron chi connectivity index (χ2n) is 8.68. The molecule has 4 rings (SSSR count). The lowest BCUT2D eigenvalue weighted by Gasteiger charge is -2.35. The number of aromatic nitrogens is 1. The highest BCUT2D eigenvalue weighted by atomic mass is 16.5. The third-order valence-electron chi connectivity index (χ3n) is 6.44. The standard InChI is InChI=1S/C26H31N3O4/c1-27-16-4-7-23(27)26(32)29-17-3-2-6-21(29)15-19-33-25(31)14-11-20-9-12-22(13-10-20)28-18-5-8-24(28)30/h4,7,9-14,16,21H,2-3,5-6,8,15,17-19H2,1H3/b14-11+. The molecular weight excluding hydrogens is 418 g/mol. The number of nitrogens with zero attached hydrogens (tertiary/aromatic N) is 3. The number of benzene rings is 1. The van der Waals surface area contributed by atoms with Crippen molar-refractivity contribution in [2.75, 3.05) is 24.6 Å². The van der Waals surface area contributed by atoms with Crippen molar-refractivity contribution in [1.29, 1.82) is 0 Å². The highest BCUT2D eigenvalue weighted by Crippen LogP contribution is 2.23. The van der Waals surface area contributed by atoms with Gasteiger partial charge in [0, 0.05) is 57.0 Å². The summed E-state index contributed by atoms with van der Waals surface area (Å²) in [5.41, 5.74) is 2.44. The molecule has 2 aliphatic heterocycles. The van der Waals surface area contributed by atoms with E-state index in [1.165, 1.54) is 6.08 Å². The zero-order chi connectivity index (χ0) is 23.2. The smallest absolute Gasteiger partial charge is 0.330 e. The second kappa shape index (κ2) is 10.5. The minimum absolute atomic E-state index is 0.0394. The summed E-state index contributed by atoms with van der Waals surface area (Å²) < 4.78 is 7.25. The van der Waals surface area contributed by atoms with Gasteiger partial charge in [-0.3, -0.25) is 9.59 Å². The van der Waals surface area contributed by atoms with Crippen molar-refractivity contribution in [3.8, 4) is 0 Å². The average Bonchev–Trinajstić information content (AvgIpc) is 3.46. The first-order valence-electron chi connectivity index (χ1n) is 11.7. The Morgan fingerprint density at radius 3 is 2.61 bits per heavy atom. The van der Waals surface area contributed by atoms with Gasteiger partial charge in [-0.1, -0.05) is 12.1 Å². The third kappa shape index (κ3) is 5.53. The monoisotopic (exact) mass is 449 g/mol. The van der Waals surface area contributed by atoms with Gasteiger partial charge in [0.15, 0.2) is 0 Å². The molecule has 0 N–H and O–H groups in total. The van der Waals surface area contributed by atoms with Crippen LogP contribution in [0.4, 0.5) is 5.69 Å². The first-order chi connectivity index (χ1) is 16.0. The fourth-order valence-electron chi connectivity index (χ4n) is 4.59. The van der Waals surface area contributed by atoms with Crippen molar-refractivity contribution >= 4 is 29.5 Å². The highest BCUT2D eigenvalue weighted by Gasteiger charge is 2.28. The molecule has 2 amide bonds. The van der Waals surface area contributed by atoms with Gasteiger partial charge in [0.05, 0.1) is 6.61 Å². The number of esters is 1. The van der Waals surface area contributed by atoms with Crippen LogP contribution >= 0.6 is 0 Å². The van der Waals surface area contributed by atoms with Gasteiger partial charge in [0.25, 0.3) is 5.91 Å². The van der Waals surface area contributed by atoms with Gasteiger partial charge < -0.3 is 19.1 Å². The number of ether oxygens (including phenoxy) is 1. The fraction of sp³-hybridized carbons (Fsp3) is 0.423. The van der Waals surface area contributed by atoms with Crippen molar-refractivity contribution in [3.05, 3.63) is 59.9 Å². The van der Waals surface area contributed by atoms with Crippen molar-refractivity contribution in [1.82, 2.24) is 9.47 Å². The summed E-state index contributed by atoms with van der Waals surface area (Å²) in [6, 6.07) is 11.4. The van der Waals surface area contributed by atoms with Gasteiger partial charge in [-0.05, 0) is 61.6 Å². The Bertz CT molecular complexity index is 1020. The zero-order valence-electron chi connectivity index (χ0n) is 19.1. The number of hydrogen-bond acceptors (Lipinski definition) is 4. The number of carbonyl (C=O) groups excluding carboxylic acids is 3. The van der Waals surface area contributed by atoms with Crippen molar-refractivity contribution in [3.63, 3.8) is 0 Å². The van der Waals surface area contributed by atoms with Gasteiger partial charge in [-0.2, -0.15) is 0 Å². The Morgan fingerprint density at radius 2 is 1.91 bits per heavy atom. The molecule has 0 spiro atoms. The van der Waals surface area contributed by atoms with E-state index in [1.807, 2.05) is 59.1 Å². The summed E-state index contributed by atoms with van der Waals surface area (Å²) in [5, 5.41) is 0. The first kappa shape index (κ1) is 22.8. The summed E-state index contributed by atoms with van der Waals surface area (Å²) in [5.74, 6) is -0.203. The van der Waals surface area contributed by atoms with E-state index in [1.54, 1.807) is 11.0 Å². The highest BCUT2D eigenvalue weighted by molar-refractivity contribution is 5.95. The van der Waals surface area contributed by atoms with Gasteiger partial charge in [0.1, 0.15) is 5.69 Å². The average molecular weight is 450 g/mol. The molecule has 0 radical (unpaired) electrons. The van der Waals surface area contributed by atoms with Crippen LogP contribution in [0.5, 0.6) is 0 Å². The Balaban J connectivity index is 1.26. The van der Waals surface area contributed by atoms with Crippen LogP contribution < -0.4 is 4.90 Å². The van der Waals surface area contributed by atoms with Crippen LogP contribution in [0.1, 0.15) is 54.6 Å². The minimum Gasteiger partial charge on any atom is -0.462 e. The van der Waals surface area contributed by atoms with Crippen molar-refractivity contribution < 1.29 is 19.1 Å². The van der Waals surface area contributed by atoms with Crippen LogP contribution in [-0.4, -0.2) is 53.0 Å². The quantitative estimate of drug-likeness (QED) is 0.476. The molecule has 2 aliphatic rings. The van der Waals surface area contributed by atoms with E-state index < -0.39 is 5.97 Å². The summed E-state index contributed by atoms with van der Waals surface area (Å²) in [6.07, 6.45) is 10.1. The van der Waals surface area contributed by atoms with Gasteiger partial charge in [-0.15, -0.1) is 0 Å². The van der Waals surface area contributed by atoms with Crippen molar-refractivity contribution in [2.45, 2.75) is 44.6 Å². The molecule has 1 unspecified atom stereocenters. The number of likely N-dealkylation sites (tertiary alicyclic amines) is 1. The first-order valence-corrected chi connectivity index (χ1v) is 11.7. The fourth-order valence-corrected chi connectivity index (χ4v) is 4.59. The third-order valence-corrected chi connectivity index (χ3v) is 6.44. The van der Waals surface area contributed by atoms with E-state index >= 15 is 0 Å². The lowest BCUT2D eigenvalue weighted by Crippen LogP contribution is -2.44. The van der Waals surface area contributed by atoms with Crippen molar-refractivity contribution in [2.24, 2.45) is 7.05 Å². The zero-order valence-corrected chi connectivity index (χ0v) is 19.1. The lowest BCUT2D eigenvalue weighted by atomic mass is 9.99. The van der Waals surface area contributed by atoms with Crippen LogP contribution in [0.15, 0.2) is 48.7 Å². The second-order valence-corrected chi connectivity index (χ2v) is 8.68. The molecule has 7 nitrogen and oxygen atoms in total. The maximum atomic E-state index is 12.9. The van der Waals surface area contributed by atoms with E-state index in [0.717, 1.165) is 50.0 Å². The molecule has 7 heteroatoms. The summed E-state index contributed by atoms with van der Waals surface area (Å²) >= 11 is 0. The molecule has 0 saturated carbocycles. The number of hydrogen-bond donors (Lipinski definition) is 0. The van der Waals surface area contributed by atoms with E-state index in [9.17, 15) is 14.4 Å². The number of anilines is 1. The lowest BCUT2D eigenvalue weighted by molar-refractivity contribution is -0.138. The SMILES string of the molecule is Cn1cccc1C(=O)N1CCCCC1CCOC(=O)/C=C/c1ccc(N2CCCC2=O)cc1. The minimum atomic E-state index is -0.398. The Morgan fingerprint density at radius 1 is 1.09 bits per heavy atom. The molecule has 0 aliphatic carbocycles. The maximum absolute atomic E-state index is 12.9. The largest absolute Gasteiger partial charge is 0.462 e. The molecule has 1 atom stereocenters. The molecule has 1 aromatic carbocycles. The molecule has 2 saturated heterocycles. The molecule has 2 aromatic rings. The predicted molar refractivity (Wildman–Crippen MR) is 127 cm³/mol. The number of rotatable bonds is 7. The molecule has 174 valence electrons. The van der Waals surface area contributed by atoms with E-state index in [0.29, 0.717) is 18.5 Å². The normalized spacial score (nSPS) is 18.8. The molecule has 33 heavy (non-hydrogen) atoms. The summed E-state index contributed by atoms with van der Waals surface area (Å²) in [7, 11) is 1.87. The number of piperidine rings is 1. The molecule has 0 bridgehead atoms. The predicted octanol–water partition coefficient (Wildman–Crippen LogP) is 3.79. The van der Waals surface area contributed by atoms with E-state index in [4.69, 9.17) is 4.74 Å². The van der Waals surface area contributed by atoms with Crippen LogP contribution in [-0.2, 0) is 21.4 Å². The summed E-state index contributed by atoms with van der Waals surface area (Å²) in [6.45, 7) is 1.78. The Kier molecular flexibility index (Phi) is 7.27. The molecule has 1 aromatic heterocycles. The number of amides is 2. The van der Waals surface area contributed by atoms with E-state index in [2.05, 4.69) is 0 Å².